The molecule has 0 amide bonds. The molecule has 0 saturated heterocycles. The fourth-order valence-corrected chi connectivity index (χ4v) is 2.16. The van der Waals surface area contributed by atoms with Crippen molar-refractivity contribution in [2.24, 2.45) is 0 Å². The highest BCUT2D eigenvalue weighted by molar-refractivity contribution is 5.52. The number of halogens is 1. The van der Waals surface area contributed by atoms with Crippen LogP contribution in [0, 0.1) is 12.7 Å². The Hall–Kier alpha value is -1.25. The zero-order chi connectivity index (χ0) is 11.5. The lowest BCUT2D eigenvalue weighted by atomic mass is 10.2. The molecule has 88 valence electrons. The van der Waals surface area contributed by atoms with E-state index in [2.05, 4.69) is 5.32 Å². The maximum absolute atomic E-state index is 13.4. The summed E-state index contributed by atoms with van der Waals surface area (Å²) in [5.41, 5.74) is 1.36. The van der Waals surface area contributed by atoms with Crippen LogP contribution in [-0.2, 0) is 0 Å². The number of hydrogen-bond acceptors (Lipinski definition) is 2. The van der Waals surface area contributed by atoms with Gasteiger partial charge in [-0.15, -0.1) is 0 Å². The van der Waals surface area contributed by atoms with Gasteiger partial charge in [-0.25, -0.2) is 4.39 Å². The zero-order valence-electron chi connectivity index (χ0n) is 9.85. The summed E-state index contributed by atoms with van der Waals surface area (Å²) in [5.74, 6) is 0.580. The molecule has 0 spiro atoms. The minimum atomic E-state index is -0.223. The second kappa shape index (κ2) is 4.73. The number of aryl methyl sites for hydroxylation is 1. The normalized spacial score (nSPS) is 16.4. The maximum Gasteiger partial charge on any atom is 0.146 e. The first-order valence-corrected chi connectivity index (χ1v) is 5.85. The molecule has 0 bridgehead atoms. The smallest absolute Gasteiger partial charge is 0.146 e. The van der Waals surface area contributed by atoms with Crippen molar-refractivity contribution in [3.8, 4) is 5.75 Å². The first kappa shape index (κ1) is 11.2. The van der Waals surface area contributed by atoms with Crippen LogP contribution in [-0.4, -0.2) is 13.2 Å². The first-order chi connectivity index (χ1) is 7.70. The van der Waals surface area contributed by atoms with E-state index in [9.17, 15) is 4.39 Å². The predicted octanol–water partition coefficient (Wildman–Crippen LogP) is 3.50. The van der Waals surface area contributed by atoms with Crippen LogP contribution in [0.1, 0.15) is 31.2 Å². The van der Waals surface area contributed by atoms with Gasteiger partial charge in [-0.3, -0.25) is 0 Å². The highest BCUT2D eigenvalue weighted by Gasteiger charge is 2.18. The lowest BCUT2D eigenvalue weighted by Crippen LogP contribution is -2.12. The molecule has 0 aliphatic heterocycles. The van der Waals surface area contributed by atoms with Crippen LogP contribution in [0.15, 0.2) is 12.1 Å². The van der Waals surface area contributed by atoms with Gasteiger partial charge >= 0.3 is 0 Å². The van der Waals surface area contributed by atoms with Gasteiger partial charge in [0.1, 0.15) is 11.6 Å². The molecule has 1 aliphatic rings. The van der Waals surface area contributed by atoms with E-state index in [0.29, 0.717) is 11.8 Å². The van der Waals surface area contributed by atoms with Gasteiger partial charge in [0.2, 0.25) is 0 Å². The SMILES string of the molecule is CNc1cc(OC2CCCC2)c(C)cc1F. The Morgan fingerprint density at radius 3 is 2.62 bits per heavy atom. The van der Waals surface area contributed by atoms with Crippen LogP contribution in [0.2, 0.25) is 0 Å². The van der Waals surface area contributed by atoms with Crippen LogP contribution >= 0.6 is 0 Å². The van der Waals surface area contributed by atoms with Crippen molar-refractivity contribution < 1.29 is 9.13 Å². The number of ether oxygens (including phenoxy) is 1. The Balaban J connectivity index is 2.18. The number of anilines is 1. The number of rotatable bonds is 3. The summed E-state index contributed by atoms with van der Waals surface area (Å²) in [4.78, 5) is 0. The van der Waals surface area contributed by atoms with Crippen molar-refractivity contribution in [2.75, 3.05) is 12.4 Å². The fourth-order valence-electron chi connectivity index (χ4n) is 2.16. The Labute approximate surface area is 95.8 Å². The van der Waals surface area contributed by atoms with Gasteiger partial charge in [0.05, 0.1) is 11.8 Å². The lowest BCUT2D eigenvalue weighted by molar-refractivity contribution is 0.208. The largest absolute Gasteiger partial charge is 0.490 e. The predicted molar refractivity (Wildman–Crippen MR) is 63.6 cm³/mol. The lowest BCUT2D eigenvalue weighted by Gasteiger charge is -2.16. The molecule has 0 unspecified atom stereocenters. The van der Waals surface area contributed by atoms with Gasteiger partial charge in [-0.05, 0) is 44.2 Å². The highest BCUT2D eigenvalue weighted by Crippen LogP contribution is 2.30. The summed E-state index contributed by atoms with van der Waals surface area (Å²) in [6, 6.07) is 3.28. The molecule has 2 nitrogen and oxygen atoms in total. The van der Waals surface area contributed by atoms with Crippen molar-refractivity contribution in [1.82, 2.24) is 0 Å². The van der Waals surface area contributed by atoms with E-state index in [1.165, 1.54) is 18.9 Å². The molecule has 3 heteroatoms. The highest BCUT2D eigenvalue weighted by atomic mass is 19.1. The molecule has 1 saturated carbocycles. The zero-order valence-corrected chi connectivity index (χ0v) is 9.85. The van der Waals surface area contributed by atoms with E-state index in [1.807, 2.05) is 6.92 Å². The van der Waals surface area contributed by atoms with Gasteiger partial charge < -0.3 is 10.1 Å². The van der Waals surface area contributed by atoms with Gasteiger partial charge in [-0.1, -0.05) is 0 Å². The summed E-state index contributed by atoms with van der Waals surface area (Å²) >= 11 is 0. The number of hydrogen-bond donors (Lipinski definition) is 1. The van der Waals surface area contributed by atoms with Crippen molar-refractivity contribution in [2.45, 2.75) is 38.7 Å². The maximum atomic E-state index is 13.4. The van der Waals surface area contributed by atoms with Crippen LogP contribution in [0.4, 0.5) is 10.1 Å². The third kappa shape index (κ3) is 2.29. The molecule has 0 atom stereocenters. The van der Waals surface area contributed by atoms with Gasteiger partial charge in [-0.2, -0.15) is 0 Å². The third-order valence-corrected chi connectivity index (χ3v) is 3.13. The molecule has 2 rings (SSSR count). The Kier molecular flexibility index (Phi) is 3.32. The molecular formula is C13H18FNO. The Morgan fingerprint density at radius 2 is 2.00 bits per heavy atom. The average Bonchev–Trinajstić information content (AvgIpc) is 2.75. The topological polar surface area (TPSA) is 21.3 Å². The summed E-state index contributed by atoms with van der Waals surface area (Å²) in [6.07, 6.45) is 5.03. The molecule has 0 radical (unpaired) electrons. The summed E-state index contributed by atoms with van der Waals surface area (Å²) < 4.78 is 19.3. The molecule has 1 aromatic rings. The summed E-state index contributed by atoms with van der Waals surface area (Å²) in [7, 11) is 1.72. The number of benzene rings is 1. The minimum Gasteiger partial charge on any atom is -0.490 e. The Bertz CT molecular complexity index is 372. The summed E-state index contributed by atoms with van der Waals surface area (Å²) in [6.45, 7) is 1.88. The van der Waals surface area contributed by atoms with Crippen LogP contribution in [0.5, 0.6) is 5.75 Å². The van der Waals surface area contributed by atoms with Crippen molar-refractivity contribution >= 4 is 5.69 Å². The standard InChI is InChI=1S/C13H18FNO/c1-9-7-11(14)12(15-2)8-13(9)16-10-5-3-4-6-10/h7-8,10,15H,3-6H2,1-2H3. The second-order valence-electron chi connectivity index (χ2n) is 4.37. The minimum absolute atomic E-state index is 0.223. The fraction of sp³-hybridized carbons (Fsp3) is 0.538. The molecule has 0 heterocycles. The van der Waals surface area contributed by atoms with E-state index < -0.39 is 0 Å². The van der Waals surface area contributed by atoms with Crippen molar-refractivity contribution in [1.29, 1.82) is 0 Å². The van der Waals surface area contributed by atoms with Crippen LogP contribution in [0.3, 0.4) is 0 Å². The summed E-state index contributed by atoms with van der Waals surface area (Å²) in [5, 5.41) is 2.83. The van der Waals surface area contributed by atoms with Crippen LogP contribution < -0.4 is 10.1 Å². The van der Waals surface area contributed by atoms with Gasteiger partial charge in [0, 0.05) is 13.1 Å². The molecule has 1 N–H and O–H groups in total. The molecule has 0 aromatic heterocycles. The van der Waals surface area contributed by atoms with Gasteiger partial charge in [0.25, 0.3) is 0 Å². The van der Waals surface area contributed by atoms with Crippen LogP contribution in [0.25, 0.3) is 0 Å². The van der Waals surface area contributed by atoms with E-state index in [0.717, 1.165) is 24.2 Å². The van der Waals surface area contributed by atoms with Gasteiger partial charge in [0.15, 0.2) is 0 Å². The van der Waals surface area contributed by atoms with E-state index in [1.54, 1.807) is 13.1 Å². The van der Waals surface area contributed by atoms with Crippen molar-refractivity contribution in [3.05, 3.63) is 23.5 Å². The first-order valence-electron chi connectivity index (χ1n) is 5.85. The molecule has 16 heavy (non-hydrogen) atoms. The average molecular weight is 223 g/mol. The third-order valence-electron chi connectivity index (χ3n) is 3.13. The molecule has 1 aliphatic carbocycles. The quantitative estimate of drug-likeness (QED) is 0.846. The second-order valence-corrected chi connectivity index (χ2v) is 4.37. The van der Waals surface area contributed by atoms with E-state index in [4.69, 9.17) is 4.74 Å². The van der Waals surface area contributed by atoms with E-state index >= 15 is 0 Å². The molecule has 1 aromatic carbocycles. The van der Waals surface area contributed by atoms with Crippen molar-refractivity contribution in [3.63, 3.8) is 0 Å². The molecular weight excluding hydrogens is 205 g/mol. The molecule has 1 fully saturated rings. The monoisotopic (exact) mass is 223 g/mol. The van der Waals surface area contributed by atoms with E-state index in [-0.39, 0.29) is 5.82 Å². The Morgan fingerprint density at radius 1 is 1.31 bits per heavy atom. The number of nitrogens with one attached hydrogen (secondary N) is 1.